The normalized spacial score (nSPS) is 35.3. The summed E-state index contributed by atoms with van der Waals surface area (Å²) < 4.78 is 2.54. The van der Waals surface area contributed by atoms with Crippen molar-refractivity contribution in [3.8, 4) is 0 Å². The van der Waals surface area contributed by atoms with Crippen molar-refractivity contribution in [1.82, 2.24) is 0 Å². The van der Waals surface area contributed by atoms with E-state index in [4.69, 9.17) is 6.58 Å². The van der Waals surface area contributed by atoms with Crippen molar-refractivity contribution < 1.29 is 0 Å². The van der Waals surface area contributed by atoms with E-state index in [2.05, 4.69) is 53.9 Å². The molecular weight excluding hydrogens is 481 g/mol. The first-order valence-corrected chi connectivity index (χ1v) is 27.6. The number of unbranched alkanes of at least 4 members (excludes halogenated alkanes) is 4. The SMILES string of the molecule is C=C1[SiH](C)C1([SiH3])[SiH](C)C(C)(C[SiH](CCCCC)C1(C)CCCC[SiH]1C)[SiH](C)CCCCC. The smallest absolute Gasteiger partial charge is 0.0647 e. The Hall–Kier alpha value is 1.04. The summed E-state index contributed by atoms with van der Waals surface area (Å²) >= 11 is 0. The molecule has 0 saturated carbocycles. The molecule has 2 fully saturated rings. The summed E-state index contributed by atoms with van der Waals surface area (Å²) in [6, 6.07) is 6.76. The molecule has 0 aromatic rings. The minimum atomic E-state index is -0.801. The van der Waals surface area contributed by atoms with Crippen molar-refractivity contribution in [1.29, 1.82) is 0 Å². The number of rotatable bonds is 14. The van der Waals surface area contributed by atoms with Gasteiger partial charge in [0.1, 0.15) is 0 Å². The molecule has 0 aliphatic carbocycles. The molecule has 0 amide bonds. The zero-order valence-corrected chi connectivity index (χ0v) is 31.6. The van der Waals surface area contributed by atoms with E-state index in [1.807, 2.05) is 5.20 Å². The van der Waals surface area contributed by atoms with Crippen molar-refractivity contribution in [2.75, 3.05) is 0 Å². The fraction of sp³-hybridized carbons (Fsp3) is 0.923. The molecule has 6 heteroatoms. The zero-order chi connectivity index (χ0) is 24.2. The lowest BCUT2D eigenvalue weighted by atomic mass is 10.2. The number of hydrogen-bond acceptors (Lipinski definition) is 0. The molecule has 2 aliphatic heterocycles. The first-order chi connectivity index (χ1) is 15.0. The van der Waals surface area contributed by atoms with E-state index in [9.17, 15) is 0 Å². The Morgan fingerprint density at radius 1 is 1.03 bits per heavy atom. The summed E-state index contributed by atoms with van der Waals surface area (Å²) in [5.41, 5.74) is 0. The van der Waals surface area contributed by atoms with Gasteiger partial charge in [0, 0.05) is 45.4 Å². The third-order valence-electron chi connectivity index (χ3n) is 11.8. The molecule has 2 rings (SSSR count). The van der Waals surface area contributed by atoms with Crippen LogP contribution < -0.4 is 0 Å². The Morgan fingerprint density at radius 2 is 1.59 bits per heavy atom. The van der Waals surface area contributed by atoms with Gasteiger partial charge in [-0.25, -0.2) is 0 Å². The van der Waals surface area contributed by atoms with Crippen LogP contribution in [-0.4, -0.2) is 54.2 Å². The average molecular weight is 541 g/mol. The zero-order valence-electron chi connectivity index (χ0n) is 23.8. The van der Waals surface area contributed by atoms with Gasteiger partial charge in [-0.1, -0.05) is 141 Å². The maximum absolute atomic E-state index is 4.69. The molecule has 0 radical (unpaired) electrons. The van der Waals surface area contributed by atoms with Crippen LogP contribution >= 0.6 is 0 Å². The molecule has 0 aromatic heterocycles. The molecule has 2 aliphatic rings. The molecule has 188 valence electrons. The third kappa shape index (κ3) is 6.05. The topological polar surface area (TPSA) is 0 Å². The molecule has 2 heterocycles. The minimum absolute atomic E-state index is 0.572. The van der Waals surface area contributed by atoms with Crippen LogP contribution in [-0.2, 0) is 0 Å². The van der Waals surface area contributed by atoms with Gasteiger partial charge in [0.15, 0.2) is 0 Å². The third-order valence-corrected chi connectivity index (χ3v) is 48.9. The highest BCUT2D eigenvalue weighted by Gasteiger charge is 2.61. The highest BCUT2D eigenvalue weighted by Crippen LogP contribution is 2.63. The summed E-state index contributed by atoms with van der Waals surface area (Å²) in [6.45, 7) is 26.5. The van der Waals surface area contributed by atoms with Gasteiger partial charge >= 0.3 is 0 Å². The van der Waals surface area contributed by atoms with Gasteiger partial charge < -0.3 is 0 Å². The quantitative estimate of drug-likeness (QED) is 0.174. The van der Waals surface area contributed by atoms with E-state index in [0.717, 1.165) is 13.6 Å². The van der Waals surface area contributed by atoms with Crippen LogP contribution in [0.2, 0.25) is 64.0 Å². The Kier molecular flexibility index (Phi) is 11.3. The highest BCUT2D eigenvalue weighted by atomic mass is 28.4. The van der Waals surface area contributed by atoms with Crippen LogP contribution in [0.3, 0.4) is 0 Å². The second kappa shape index (κ2) is 12.3. The molecular formula is C26H60Si6. The van der Waals surface area contributed by atoms with Gasteiger partial charge in [-0.15, -0.1) is 6.58 Å². The summed E-state index contributed by atoms with van der Waals surface area (Å²) in [6.07, 6.45) is 13.6. The molecule has 32 heavy (non-hydrogen) atoms. The second-order valence-corrected chi connectivity index (χ2v) is 37.6. The lowest BCUT2D eigenvalue weighted by Gasteiger charge is -2.51. The summed E-state index contributed by atoms with van der Waals surface area (Å²) in [7, 11) is -2.01. The van der Waals surface area contributed by atoms with E-state index in [0.29, 0.717) is 0 Å². The summed E-state index contributed by atoms with van der Waals surface area (Å²) in [4.78, 5) is 0. The minimum Gasteiger partial charge on any atom is -0.104 e. The Morgan fingerprint density at radius 3 is 2.09 bits per heavy atom. The van der Waals surface area contributed by atoms with Gasteiger partial charge in [0.05, 0.1) is 8.80 Å². The Balaban J connectivity index is 2.36. The lowest BCUT2D eigenvalue weighted by molar-refractivity contribution is 0.585. The van der Waals surface area contributed by atoms with Crippen LogP contribution in [0.4, 0.5) is 0 Å². The van der Waals surface area contributed by atoms with Crippen LogP contribution in [0.5, 0.6) is 0 Å². The van der Waals surface area contributed by atoms with Crippen molar-refractivity contribution in [3.63, 3.8) is 0 Å². The lowest BCUT2D eigenvalue weighted by Crippen LogP contribution is -2.51. The molecule has 8 atom stereocenters. The van der Waals surface area contributed by atoms with E-state index in [1.165, 1.54) is 42.3 Å². The van der Waals surface area contributed by atoms with Gasteiger partial charge in [0.25, 0.3) is 0 Å². The molecule has 0 spiro atoms. The number of allylic oxidation sites excluding steroid dienone is 1. The fourth-order valence-corrected chi connectivity index (χ4v) is 45.1. The van der Waals surface area contributed by atoms with Crippen LogP contribution in [0.1, 0.15) is 85.5 Å². The average Bonchev–Trinajstić information content (AvgIpc) is 3.26. The maximum Gasteiger partial charge on any atom is 0.0647 e. The second-order valence-electron chi connectivity index (χ2n) is 13.2. The first kappa shape index (κ1) is 29.3. The van der Waals surface area contributed by atoms with Gasteiger partial charge in [-0.2, -0.15) is 0 Å². The predicted molar refractivity (Wildman–Crippen MR) is 170 cm³/mol. The van der Waals surface area contributed by atoms with Gasteiger partial charge in [-0.05, 0) is 13.6 Å². The van der Waals surface area contributed by atoms with Crippen LogP contribution in [0.15, 0.2) is 11.8 Å². The molecule has 0 N–H and O–H groups in total. The summed E-state index contributed by atoms with van der Waals surface area (Å²) in [5.74, 6) is 0. The standard InChI is InChI=1S/C26H60Si6/c1-10-12-15-19-29(7)25(5,31(9)26(27)23(3)30(26)8)22-32(21-16-13-11-2)24(4)18-14-17-20-28(24)6/h28-32H,3,10-22H2,1-2,4-9,27H3. The predicted octanol–water partition coefficient (Wildman–Crippen LogP) is 6.52. The molecule has 8 unspecified atom stereocenters. The first-order valence-electron chi connectivity index (χ1n) is 14.7. The van der Waals surface area contributed by atoms with Crippen LogP contribution in [0, 0.1) is 0 Å². The van der Waals surface area contributed by atoms with Gasteiger partial charge in [-0.3, -0.25) is 0 Å². The molecule has 2 saturated heterocycles. The maximum atomic E-state index is 4.69. The van der Waals surface area contributed by atoms with E-state index in [1.54, 1.807) is 49.9 Å². The van der Waals surface area contributed by atoms with Crippen LogP contribution in [0.25, 0.3) is 0 Å². The summed E-state index contributed by atoms with van der Waals surface area (Å²) in [5, 5.41) is 1.83. The molecule has 0 nitrogen and oxygen atoms in total. The Labute approximate surface area is 214 Å². The molecule has 0 bridgehead atoms. The fourth-order valence-electron chi connectivity index (χ4n) is 7.89. The molecule has 0 aromatic carbocycles. The van der Waals surface area contributed by atoms with E-state index >= 15 is 0 Å². The van der Waals surface area contributed by atoms with Crippen molar-refractivity contribution in [3.05, 3.63) is 11.8 Å². The van der Waals surface area contributed by atoms with Crippen molar-refractivity contribution in [2.24, 2.45) is 0 Å². The van der Waals surface area contributed by atoms with Gasteiger partial charge in [0.2, 0.25) is 0 Å². The van der Waals surface area contributed by atoms with Crippen molar-refractivity contribution >= 4 is 54.2 Å². The Bertz CT molecular complexity index is 611. The van der Waals surface area contributed by atoms with E-state index < -0.39 is 44.0 Å². The monoisotopic (exact) mass is 540 g/mol. The highest BCUT2D eigenvalue weighted by molar-refractivity contribution is 7.10. The van der Waals surface area contributed by atoms with Crippen molar-refractivity contribution in [2.45, 2.75) is 149 Å². The van der Waals surface area contributed by atoms with E-state index in [-0.39, 0.29) is 0 Å². The number of hydrogen-bond donors (Lipinski definition) is 0. The largest absolute Gasteiger partial charge is 0.104 e.